The lowest BCUT2D eigenvalue weighted by Gasteiger charge is -2.62. The molecule has 0 spiro atoms. The fourth-order valence-electron chi connectivity index (χ4n) is 9.79. The first-order valence-corrected chi connectivity index (χ1v) is 20.9. The standard InChI is InChI=1S/C46H62N4O2/c1-5-9-13-27-45(28-14-10-6-2)47-35-21-17-19-31-33(23-25-37(49-45)39(31)35)41-43(51)42(44(41)52)34-24-26-38-40-32(34)20-18-22-36(40)48-46(50-38,29-15-11-7-3)30-16-12-8-4/h17-26,41-44,47-50H,5-16,27-30H2,1-4H3/q-2. The SMILES string of the molecule is CCCCCC1(CCCCC)Nc2cccc3c(C4C([O-])C(c5ccc6c7c(cccc57)NC(CCCCC)(CCCCC)N6)C4[O-])ccc(c23)N1. The van der Waals surface area contributed by atoms with Crippen LogP contribution in [0.2, 0.25) is 0 Å². The van der Waals surface area contributed by atoms with Gasteiger partial charge in [0, 0.05) is 33.5 Å². The van der Waals surface area contributed by atoms with E-state index in [-0.39, 0.29) is 11.3 Å². The summed E-state index contributed by atoms with van der Waals surface area (Å²) in [4.78, 5) is 0. The van der Waals surface area contributed by atoms with Gasteiger partial charge in [0.05, 0.1) is 0 Å². The van der Waals surface area contributed by atoms with Crippen LogP contribution in [0.3, 0.4) is 0 Å². The minimum Gasteiger partial charge on any atom is -0.851 e. The zero-order valence-corrected chi connectivity index (χ0v) is 32.2. The average Bonchev–Trinajstić information content (AvgIpc) is 3.14. The van der Waals surface area contributed by atoms with Crippen molar-refractivity contribution in [2.75, 3.05) is 21.3 Å². The summed E-state index contributed by atoms with van der Waals surface area (Å²) in [5.74, 6) is -1.16. The first-order valence-electron chi connectivity index (χ1n) is 20.9. The van der Waals surface area contributed by atoms with Crippen molar-refractivity contribution >= 4 is 44.3 Å². The Labute approximate surface area is 312 Å². The third-order valence-corrected chi connectivity index (χ3v) is 12.6. The third kappa shape index (κ3) is 6.86. The van der Waals surface area contributed by atoms with Crippen molar-refractivity contribution in [3.63, 3.8) is 0 Å². The zero-order valence-electron chi connectivity index (χ0n) is 32.2. The number of benzene rings is 4. The molecule has 4 aromatic rings. The van der Waals surface area contributed by atoms with E-state index in [0.717, 1.165) is 81.1 Å². The summed E-state index contributed by atoms with van der Waals surface area (Å²) in [6.45, 7) is 9.04. The van der Waals surface area contributed by atoms with Crippen molar-refractivity contribution < 1.29 is 10.2 Å². The average molecular weight is 703 g/mol. The van der Waals surface area contributed by atoms with Crippen LogP contribution >= 0.6 is 0 Å². The van der Waals surface area contributed by atoms with Gasteiger partial charge in [0.1, 0.15) is 11.3 Å². The molecule has 0 amide bonds. The maximum absolute atomic E-state index is 14.4. The minimum atomic E-state index is -1.00. The Kier molecular flexibility index (Phi) is 11.2. The largest absolute Gasteiger partial charge is 0.851 e. The van der Waals surface area contributed by atoms with Crippen molar-refractivity contribution in [2.45, 2.75) is 166 Å². The summed E-state index contributed by atoms with van der Waals surface area (Å²) in [5, 5.41) is 48.8. The number of hydrogen-bond donors (Lipinski definition) is 4. The highest BCUT2D eigenvalue weighted by Gasteiger charge is 2.42. The molecule has 7 rings (SSSR count). The van der Waals surface area contributed by atoms with E-state index in [1.807, 2.05) is 0 Å². The van der Waals surface area contributed by atoms with Gasteiger partial charge < -0.3 is 31.5 Å². The second-order valence-corrected chi connectivity index (χ2v) is 16.3. The van der Waals surface area contributed by atoms with Gasteiger partial charge in [-0.25, -0.2) is 0 Å². The van der Waals surface area contributed by atoms with E-state index in [4.69, 9.17) is 0 Å². The Balaban J connectivity index is 1.16. The van der Waals surface area contributed by atoms with E-state index in [9.17, 15) is 10.2 Å². The molecule has 52 heavy (non-hydrogen) atoms. The second-order valence-electron chi connectivity index (χ2n) is 16.3. The van der Waals surface area contributed by atoms with Gasteiger partial charge in [-0.3, -0.25) is 0 Å². The third-order valence-electron chi connectivity index (χ3n) is 12.6. The lowest BCUT2D eigenvalue weighted by atomic mass is 9.62. The fourth-order valence-corrected chi connectivity index (χ4v) is 9.79. The molecule has 3 aliphatic rings. The van der Waals surface area contributed by atoms with Gasteiger partial charge in [0.25, 0.3) is 0 Å². The molecule has 2 aliphatic heterocycles. The van der Waals surface area contributed by atoms with Gasteiger partial charge in [-0.15, -0.1) is 12.2 Å². The van der Waals surface area contributed by atoms with Crippen LogP contribution in [-0.4, -0.2) is 23.5 Å². The van der Waals surface area contributed by atoms with Crippen molar-refractivity contribution in [1.82, 2.24) is 0 Å². The van der Waals surface area contributed by atoms with Crippen molar-refractivity contribution in [3.8, 4) is 0 Å². The van der Waals surface area contributed by atoms with Crippen LogP contribution in [-0.2, 0) is 0 Å². The molecule has 4 aromatic carbocycles. The maximum atomic E-state index is 14.4. The van der Waals surface area contributed by atoms with E-state index >= 15 is 0 Å². The molecule has 1 fully saturated rings. The Hall–Kier alpha value is -3.48. The Morgan fingerprint density at radius 1 is 0.442 bits per heavy atom. The van der Waals surface area contributed by atoms with Crippen molar-refractivity contribution in [2.24, 2.45) is 0 Å². The van der Waals surface area contributed by atoms with Crippen molar-refractivity contribution in [3.05, 3.63) is 71.8 Å². The van der Waals surface area contributed by atoms with Crippen LogP contribution in [0.5, 0.6) is 0 Å². The summed E-state index contributed by atoms with van der Waals surface area (Å²) >= 11 is 0. The predicted octanol–water partition coefficient (Wildman–Crippen LogP) is 10.7. The minimum absolute atomic E-state index is 0.181. The van der Waals surface area contributed by atoms with Gasteiger partial charge in [0.2, 0.25) is 0 Å². The molecule has 6 heteroatoms. The molecule has 0 bridgehead atoms. The highest BCUT2D eigenvalue weighted by molar-refractivity contribution is 6.08. The van der Waals surface area contributed by atoms with Gasteiger partial charge >= 0.3 is 0 Å². The molecule has 0 unspecified atom stereocenters. The number of unbranched alkanes of at least 4 members (excludes halogenated alkanes) is 8. The van der Waals surface area contributed by atoms with Crippen LogP contribution in [0.15, 0.2) is 60.7 Å². The molecule has 1 aliphatic carbocycles. The number of nitrogens with one attached hydrogen (secondary N) is 4. The molecule has 0 saturated heterocycles. The topological polar surface area (TPSA) is 94.2 Å². The zero-order chi connectivity index (χ0) is 36.3. The quantitative estimate of drug-likeness (QED) is 0.0771. The normalized spacial score (nSPS) is 22.3. The molecule has 0 atom stereocenters. The maximum Gasteiger partial charge on any atom is 0.108 e. The van der Waals surface area contributed by atoms with Gasteiger partial charge in [-0.2, -0.15) is 0 Å². The highest BCUT2D eigenvalue weighted by atomic mass is 16.3. The van der Waals surface area contributed by atoms with Gasteiger partial charge in [-0.1, -0.05) is 115 Å². The van der Waals surface area contributed by atoms with E-state index in [0.29, 0.717) is 0 Å². The molecule has 0 aromatic heterocycles. The molecule has 0 radical (unpaired) electrons. The smallest absolute Gasteiger partial charge is 0.108 e. The lowest BCUT2D eigenvalue weighted by Crippen LogP contribution is -2.63. The van der Waals surface area contributed by atoms with E-state index in [1.165, 1.54) is 77.0 Å². The molecule has 6 nitrogen and oxygen atoms in total. The first kappa shape index (κ1) is 36.9. The molecular weight excluding hydrogens is 641 g/mol. The molecular formula is C46H62N4O2-2. The molecule has 2 heterocycles. The van der Waals surface area contributed by atoms with Crippen LogP contribution in [0.4, 0.5) is 22.7 Å². The number of rotatable bonds is 18. The summed E-state index contributed by atoms with van der Waals surface area (Å²) in [6.07, 6.45) is 16.6. The summed E-state index contributed by atoms with van der Waals surface area (Å²) in [7, 11) is 0. The summed E-state index contributed by atoms with van der Waals surface area (Å²) in [6, 6.07) is 21.2. The van der Waals surface area contributed by atoms with Gasteiger partial charge in [-0.05, 0) is 109 Å². The highest BCUT2D eigenvalue weighted by Crippen LogP contribution is 2.53. The van der Waals surface area contributed by atoms with E-state index in [2.05, 4.69) is 110 Å². The van der Waals surface area contributed by atoms with Crippen LogP contribution in [0.1, 0.15) is 153 Å². The Morgan fingerprint density at radius 3 is 1.10 bits per heavy atom. The number of anilines is 4. The predicted molar refractivity (Wildman–Crippen MR) is 217 cm³/mol. The Bertz CT molecular complexity index is 1650. The van der Waals surface area contributed by atoms with Gasteiger partial charge in [0.15, 0.2) is 0 Å². The van der Waals surface area contributed by atoms with E-state index < -0.39 is 24.0 Å². The van der Waals surface area contributed by atoms with Crippen LogP contribution < -0.4 is 31.5 Å². The Morgan fingerprint density at radius 2 is 0.769 bits per heavy atom. The summed E-state index contributed by atoms with van der Waals surface area (Å²) in [5.41, 5.74) is 5.91. The van der Waals surface area contributed by atoms with E-state index in [1.54, 1.807) is 0 Å². The number of hydrogen-bond acceptors (Lipinski definition) is 6. The van der Waals surface area contributed by atoms with Crippen LogP contribution in [0.25, 0.3) is 21.5 Å². The fraction of sp³-hybridized carbons (Fsp3) is 0.565. The first-order chi connectivity index (χ1) is 25.4. The molecule has 1 saturated carbocycles. The monoisotopic (exact) mass is 702 g/mol. The molecule has 4 N–H and O–H groups in total. The molecule has 280 valence electrons. The van der Waals surface area contributed by atoms with Crippen LogP contribution in [0, 0.1) is 0 Å². The lowest BCUT2D eigenvalue weighted by molar-refractivity contribution is -0.535. The van der Waals surface area contributed by atoms with Crippen molar-refractivity contribution in [1.29, 1.82) is 0 Å². The second kappa shape index (κ2) is 15.9. The summed E-state index contributed by atoms with van der Waals surface area (Å²) < 4.78 is 0.